The Morgan fingerprint density at radius 3 is 2.52 bits per heavy atom. The third-order valence-corrected chi connectivity index (χ3v) is 6.07. The molecule has 0 saturated heterocycles. The number of hydrogen-bond donors (Lipinski definition) is 1. The van der Waals surface area contributed by atoms with Gasteiger partial charge in [0.15, 0.2) is 4.96 Å². The molecule has 4 rings (SSSR count). The Morgan fingerprint density at radius 1 is 1.06 bits per heavy atom. The van der Waals surface area contributed by atoms with Gasteiger partial charge in [0.2, 0.25) is 0 Å². The number of hydrogen-bond acceptors (Lipinski definition) is 5. The van der Waals surface area contributed by atoms with Crippen molar-refractivity contribution in [3.8, 4) is 0 Å². The maximum atomic E-state index is 12.8. The van der Waals surface area contributed by atoms with Crippen LogP contribution in [0.15, 0.2) is 71.8 Å². The maximum Gasteiger partial charge on any atom is 0.271 e. The summed E-state index contributed by atoms with van der Waals surface area (Å²) >= 11 is 1.46. The summed E-state index contributed by atoms with van der Waals surface area (Å²) in [5, 5.41) is 2.84. The van der Waals surface area contributed by atoms with Crippen molar-refractivity contribution in [3.05, 3.63) is 98.9 Å². The minimum absolute atomic E-state index is 0.0597. The Balaban J connectivity index is 1.43. The summed E-state index contributed by atoms with van der Waals surface area (Å²) in [4.78, 5) is 33.4. The Kier molecular flexibility index (Phi) is 6.13. The van der Waals surface area contributed by atoms with Gasteiger partial charge in [-0.1, -0.05) is 42.5 Å². The standard InChI is InChI=1S/C24H24N4O2S/c1-27(2)19-10-8-17(9-11-19)12-13-25-22(29)21-15-26-24-28(23(21)30)16-20(31-24)14-18-6-4-3-5-7-18/h3-11,15-16H,12-14H2,1-2H3,(H,25,29). The molecular weight excluding hydrogens is 408 g/mol. The maximum absolute atomic E-state index is 12.8. The van der Waals surface area contributed by atoms with E-state index in [1.54, 1.807) is 6.20 Å². The van der Waals surface area contributed by atoms with Crippen molar-refractivity contribution in [2.45, 2.75) is 12.8 Å². The molecule has 6 nitrogen and oxygen atoms in total. The minimum Gasteiger partial charge on any atom is -0.378 e. The smallest absolute Gasteiger partial charge is 0.271 e. The average Bonchev–Trinajstić information content (AvgIpc) is 3.18. The Morgan fingerprint density at radius 2 is 1.81 bits per heavy atom. The lowest BCUT2D eigenvalue weighted by atomic mass is 10.1. The predicted octanol–water partition coefficient (Wildman–Crippen LogP) is 3.39. The highest BCUT2D eigenvalue weighted by atomic mass is 32.1. The van der Waals surface area contributed by atoms with Crippen LogP contribution in [0, 0.1) is 0 Å². The van der Waals surface area contributed by atoms with Gasteiger partial charge in [-0.2, -0.15) is 0 Å². The summed E-state index contributed by atoms with van der Waals surface area (Å²) in [6.07, 6.45) is 4.58. The number of aromatic nitrogens is 2. The van der Waals surface area contributed by atoms with Gasteiger partial charge < -0.3 is 10.2 Å². The van der Waals surface area contributed by atoms with Gasteiger partial charge in [0.25, 0.3) is 11.5 Å². The zero-order chi connectivity index (χ0) is 21.8. The number of benzene rings is 2. The Labute approximate surface area is 184 Å². The molecule has 4 aromatic rings. The number of thiazole rings is 1. The number of carbonyl (C=O) groups is 1. The van der Waals surface area contributed by atoms with E-state index >= 15 is 0 Å². The lowest BCUT2D eigenvalue weighted by Crippen LogP contribution is -2.32. The van der Waals surface area contributed by atoms with Gasteiger partial charge >= 0.3 is 0 Å². The minimum atomic E-state index is -0.396. The number of carbonyl (C=O) groups excluding carboxylic acids is 1. The molecule has 31 heavy (non-hydrogen) atoms. The normalized spacial score (nSPS) is 10.9. The van der Waals surface area contributed by atoms with Crippen LogP contribution in [0.4, 0.5) is 5.69 Å². The van der Waals surface area contributed by atoms with Crippen molar-refractivity contribution in [3.63, 3.8) is 0 Å². The van der Waals surface area contributed by atoms with Crippen molar-refractivity contribution in [1.29, 1.82) is 0 Å². The molecule has 0 atom stereocenters. The van der Waals surface area contributed by atoms with Crippen molar-refractivity contribution < 1.29 is 4.79 Å². The van der Waals surface area contributed by atoms with Gasteiger partial charge in [0.05, 0.1) is 0 Å². The van der Waals surface area contributed by atoms with E-state index in [4.69, 9.17) is 0 Å². The van der Waals surface area contributed by atoms with Crippen molar-refractivity contribution in [1.82, 2.24) is 14.7 Å². The zero-order valence-corrected chi connectivity index (χ0v) is 18.4. The van der Waals surface area contributed by atoms with Gasteiger partial charge in [-0.3, -0.25) is 14.0 Å². The summed E-state index contributed by atoms with van der Waals surface area (Å²) in [5.41, 5.74) is 3.14. The molecule has 0 saturated carbocycles. The summed E-state index contributed by atoms with van der Waals surface area (Å²) < 4.78 is 1.47. The van der Waals surface area contributed by atoms with Crippen LogP contribution in [-0.4, -0.2) is 35.9 Å². The van der Waals surface area contributed by atoms with E-state index in [2.05, 4.69) is 10.3 Å². The second-order valence-electron chi connectivity index (χ2n) is 7.56. The molecule has 0 bridgehead atoms. The molecule has 0 spiro atoms. The Hall–Kier alpha value is -3.45. The number of amides is 1. The van der Waals surface area contributed by atoms with E-state index in [0.29, 0.717) is 17.9 Å². The van der Waals surface area contributed by atoms with Crippen molar-refractivity contribution in [2.75, 3.05) is 25.5 Å². The van der Waals surface area contributed by atoms with E-state index in [1.807, 2.05) is 73.6 Å². The molecule has 2 aromatic heterocycles. The molecule has 2 aromatic carbocycles. The van der Waals surface area contributed by atoms with E-state index < -0.39 is 5.91 Å². The molecule has 0 aliphatic carbocycles. The highest BCUT2D eigenvalue weighted by Crippen LogP contribution is 2.18. The third kappa shape index (κ3) is 4.83. The first kappa shape index (κ1) is 20.8. The first-order valence-corrected chi connectivity index (χ1v) is 10.9. The fourth-order valence-electron chi connectivity index (χ4n) is 3.34. The molecule has 0 radical (unpaired) electrons. The van der Waals surface area contributed by atoms with Gasteiger partial charge in [0, 0.05) is 50.0 Å². The lowest BCUT2D eigenvalue weighted by molar-refractivity contribution is 0.0952. The van der Waals surface area contributed by atoms with Crippen LogP contribution in [0.1, 0.15) is 26.4 Å². The molecule has 0 fully saturated rings. The number of anilines is 1. The number of nitrogens with zero attached hydrogens (tertiary/aromatic N) is 3. The fraction of sp³-hybridized carbons (Fsp3) is 0.208. The number of fused-ring (bicyclic) bond motifs is 1. The van der Waals surface area contributed by atoms with E-state index in [1.165, 1.54) is 27.5 Å². The van der Waals surface area contributed by atoms with Crippen molar-refractivity contribution in [2.24, 2.45) is 0 Å². The lowest BCUT2D eigenvalue weighted by Gasteiger charge is -2.12. The molecular formula is C24H24N4O2S. The van der Waals surface area contributed by atoms with Gasteiger partial charge in [-0.25, -0.2) is 4.98 Å². The molecule has 158 valence electrons. The summed E-state index contributed by atoms with van der Waals surface area (Å²) in [7, 11) is 3.99. The van der Waals surface area contributed by atoms with Crippen LogP contribution in [0.2, 0.25) is 0 Å². The van der Waals surface area contributed by atoms with Gasteiger partial charge in [-0.05, 0) is 29.7 Å². The Bertz CT molecular complexity index is 1240. The van der Waals surface area contributed by atoms with Crippen LogP contribution < -0.4 is 15.8 Å². The van der Waals surface area contributed by atoms with Crippen LogP contribution >= 0.6 is 11.3 Å². The second-order valence-corrected chi connectivity index (χ2v) is 8.65. The van der Waals surface area contributed by atoms with Crippen LogP contribution in [0.25, 0.3) is 4.96 Å². The SMILES string of the molecule is CN(C)c1ccc(CCNC(=O)c2cnc3sc(Cc4ccccc4)cn3c2=O)cc1. The quantitative estimate of drug-likeness (QED) is 0.486. The first-order chi connectivity index (χ1) is 15.0. The molecule has 0 unspecified atom stereocenters. The van der Waals surface area contributed by atoms with E-state index in [-0.39, 0.29) is 11.1 Å². The van der Waals surface area contributed by atoms with Crippen LogP contribution in [0.5, 0.6) is 0 Å². The highest BCUT2D eigenvalue weighted by Gasteiger charge is 2.15. The summed E-state index contributed by atoms with van der Waals surface area (Å²) in [5.74, 6) is -0.396. The molecule has 2 heterocycles. The number of rotatable bonds is 7. The molecule has 1 amide bonds. The van der Waals surface area contributed by atoms with Crippen LogP contribution in [0.3, 0.4) is 0 Å². The van der Waals surface area contributed by atoms with Gasteiger partial charge in [-0.15, -0.1) is 11.3 Å². The predicted molar refractivity (Wildman–Crippen MR) is 125 cm³/mol. The average molecular weight is 433 g/mol. The third-order valence-electron chi connectivity index (χ3n) is 5.07. The second kappa shape index (κ2) is 9.14. The fourth-order valence-corrected chi connectivity index (χ4v) is 4.31. The molecule has 0 aliphatic rings. The summed E-state index contributed by atoms with van der Waals surface area (Å²) in [6, 6.07) is 18.2. The van der Waals surface area contributed by atoms with Crippen molar-refractivity contribution >= 4 is 27.9 Å². The zero-order valence-electron chi connectivity index (χ0n) is 17.5. The summed E-state index contributed by atoms with van der Waals surface area (Å²) in [6.45, 7) is 0.450. The van der Waals surface area contributed by atoms with Gasteiger partial charge in [0.1, 0.15) is 5.56 Å². The van der Waals surface area contributed by atoms with E-state index in [0.717, 1.165) is 22.5 Å². The van der Waals surface area contributed by atoms with Crippen LogP contribution in [-0.2, 0) is 12.8 Å². The largest absolute Gasteiger partial charge is 0.378 e. The monoisotopic (exact) mass is 432 g/mol. The molecule has 1 N–H and O–H groups in total. The molecule has 0 aliphatic heterocycles. The molecule has 7 heteroatoms. The first-order valence-electron chi connectivity index (χ1n) is 10.1. The number of nitrogens with one attached hydrogen (secondary N) is 1. The van der Waals surface area contributed by atoms with E-state index in [9.17, 15) is 9.59 Å². The topological polar surface area (TPSA) is 66.7 Å². The highest BCUT2D eigenvalue weighted by molar-refractivity contribution is 7.17.